The monoisotopic (exact) mass is 404 g/mol. The Labute approximate surface area is 172 Å². The molecule has 4 rings (SSSR count). The van der Waals surface area contributed by atoms with Crippen LogP contribution in [0.25, 0.3) is 6.08 Å². The van der Waals surface area contributed by atoms with Crippen LogP contribution in [0.1, 0.15) is 12.0 Å². The maximum atomic E-state index is 13.4. The van der Waals surface area contributed by atoms with Crippen molar-refractivity contribution in [3.05, 3.63) is 102 Å². The largest absolute Gasteiger partial charge is 0.272 e. The van der Waals surface area contributed by atoms with Crippen molar-refractivity contribution >= 4 is 29.3 Å². The first-order valence-corrected chi connectivity index (χ1v) is 9.45. The summed E-state index contributed by atoms with van der Waals surface area (Å²) in [6, 6.07) is 20.2. The van der Waals surface area contributed by atoms with Gasteiger partial charge in [0, 0.05) is 0 Å². The number of allylic oxidation sites excluding steroid dienone is 1. The summed E-state index contributed by atoms with van der Waals surface area (Å²) in [5.74, 6) is -2.68. The molecule has 0 unspecified atom stereocenters. The highest BCUT2D eigenvalue weighted by atomic mass is 19.1. The normalized spacial score (nSPS) is 14.9. The van der Waals surface area contributed by atoms with E-state index in [1.54, 1.807) is 6.08 Å². The molecule has 1 saturated heterocycles. The summed E-state index contributed by atoms with van der Waals surface area (Å²) in [4.78, 5) is 26.3. The second-order valence-corrected chi connectivity index (χ2v) is 6.85. The summed E-state index contributed by atoms with van der Waals surface area (Å²) in [5, 5.41) is 2.44. The molecule has 4 nitrogen and oxygen atoms in total. The van der Waals surface area contributed by atoms with E-state index in [-0.39, 0.29) is 6.42 Å². The van der Waals surface area contributed by atoms with Gasteiger partial charge in [0.25, 0.3) is 11.8 Å². The number of hydrogen-bond acceptors (Lipinski definition) is 2. The zero-order valence-electron chi connectivity index (χ0n) is 15.9. The van der Waals surface area contributed by atoms with Gasteiger partial charge in [-0.05, 0) is 60.5 Å². The predicted octanol–water partition coefficient (Wildman–Crippen LogP) is 4.98. The number of benzene rings is 3. The molecular weight excluding hydrogens is 386 g/mol. The van der Waals surface area contributed by atoms with Crippen molar-refractivity contribution in [1.29, 1.82) is 0 Å². The first-order chi connectivity index (χ1) is 14.5. The van der Waals surface area contributed by atoms with Crippen molar-refractivity contribution in [2.24, 2.45) is 5.92 Å². The van der Waals surface area contributed by atoms with E-state index in [0.29, 0.717) is 11.4 Å². The Morgan fingerprint density at radius 2 is 1.17 bits per heavy atom. The fourth-order valence-electron chi connectivity index (χ4n) is 3.35. The van der Waals surface area contributed by atoms with Crippen molar-refractivity contribution in [2.75, 3.05) is 10.0 Å². The molecule has 0 N–H and O–H groups in total. The minimum Gasteiger partial charge on any atom is -0.272 e. The van der Waals surface area contributed by atoms with Crippen LogP contribution in [0.4, 0.5) is 20.2 Å². The Balaban J connectivity index is 1.66. The summed E-state index contributed by atoms with van der Waals surface area (Å²) in [5.41, 5.74) is 1.67. The summed E-state index contributed by atoms with van der Waals surface area (Å²) in [7, 11) is 0. The van der Waals surface area contributed by atoms with Gasteiger partial charge in [0.1, 0.15) is 17.6 Å². The molecule has 3 aromatic carbocycles. The number of nitrogens with zero attached hydrogens (tertiary/aromatic N) is 2. The zero-order chi connectivity index (χ0) is 21.1. The van der Waals surface area contributed by atoms with E-state index in [4.69, 9.17) is 0 Å². The lowest BCUT2D eigenvalue weighted by Crippen LogP contribution is -2.41. The highest BCUT2D eigenvalue weighted by Gasteiger charge is 2.46. The van der Waals surface area contributed by atoms with Gasteiger partial charge in [0.15, 0.2) is 0 Å². The van der Waals surface area contributed by atoms with Crippen LogP contribution in [-0.2, 0) is 9.59 Å². The van der Waals surface area contributed by atoms with Crippen LogP contribution >= 0.6 is 0 Å². The molecule has 1 heterocycles. The molecule has 30 heavy (non-hydrogen) atoms. The van der Waals surface area contributed by atoms with Crippen molar-refractivity contribution < 1.29 is 18.4 Å². The summed E-state index contributed by atoms with van der Waals surface area (Å²) < 4.78 is 26.8. The van der Waals surface area contributed by atoms with E-state index in [1.165, 1.54) is 58.5 Å². The molecule has 0 saturated carbocycles. The van der Waals surface area contributed by atoms with Crippen LogP contribution in [0.3, 0.4) is 0 Å². The highest BCUT2D eigenvalue weighted by Crippen LogP contribution is 2.33. The summed E-state index contributed by atoms with van der Waals surface area (Å²) >= 11 is 0. The molecule has 0 bridgehead atoms. The number of anilines is 2. The van der Waals surface area contributed by atoms with E-state index in [9.17, 15) is 18.4 Å². The molecule has 0 aliphatic carbocycles. The molecule has 2 amide bonds. The molecule has 0 radical (unpaired) electrons. The predicted molar refractivity (Wildman–Crippen MR) is 111 cm³/mol. The number of halogens is 2. The fourth-order valence-corrected chi connectivity index (χ4v) is 3.35. The van der Waals surface area contributed by atoms with Gasteiger partial charge in [0.2, 0.25) is 0 Å². The molecule has 150 valence electrons. The van der Waals surface area contributed by atoms with Crippen molar-refractivity contribution in [3.63, 3.8) is 0 Å². The molecule has 0 atom stereocenters. The molecule has 0 spiro atoms. The van der Waals surface area contributed by atoms with Gasteiger partial charge < -0.3 is 0 Å². The minimum atomic E-state index is -0.930. The Kier molecular flexibility index (Phi) is 5.39. The lowest BCUT2D eigenvalue weighted by molar-refractivity contribution is -0.126. The topological polar surface area (TPSA) is 40.6 Å². The lowest BCUT2D eigenvalue weighted by atomic mass is 10.0. The van der Waals surface area contributed by atoms with Crippen LogP contribution in [-0.4, -0.2) is 11.8 Å². The average Bonchev–Trinajstić information content (AvgIpc) is 3.00. The van der Waals surface area contributed by atoms with Gasteiger partial charge in [-0.25, -0.2) is 18.8 Å². The highest BCUT2D eigenvalue weighted by molar-refractivity contribution is 6.23. The van der Waals surface area contributed by atoms with Gasteiger partial charge >= 0.3 is 0 Å². The third-order valence-corrected chi connectivity index (χ3v) is 4.84. The zero-order valence-corrected chi connectivity index (χ0v) is 15.9. The Morgan fingerprint density at radius 3 is 1.63 bits per heavy atom. The van der Waals surface area contributed by atoms with Crippen LogP contribution < -0.4 is 10.0 Å². The number of hydrazine groups is 1. The van der Waals surface area contributed by atoms with E-state index in [0.717, 1.165) is 5.56 Å². The maximum Gasteiger partial charge on any atom is 0.259 e. The van der Waals surface area contributed by atoms with Crippen molar-refractivity contribution in [3.8, 4) is 0 Å². The molecular formula is C24H18F2N2O2. The fraction of sp³-hybridized carbons (Fsp3) is 0.0833. The van der Waals surface area contributed by atoms with Crippen molar-refractivity contribution in [2.45, 2.75) is 6.42 Å². The molecule has 0 aromatic heterocycles. The van der Waals surface area contributed by atoms with E-state index in [1.807, 2.05) is 36.4 Å². The Bertz CT molecular complexity index is 1020. The van der Waals surface area contributed by atoms with Crippen LogP contribution in [0, 0.1) is 17.6 Å². The quantitative estimate of drug-likeness (QED) is 0.563. The first-order valence-electron chi connectivity index (χ1n) is 9.45. The first kappa shape index (κ1) is 19.5. The lowest BCUT2D eigenvalue weighted by Gasteiger charge is -2.27. The average molecular weight is 404 g/mol. The third kappa shape index (κ3) is 3.85. The number of carbonyl (C=O) groups excluding carboxylic acids is 2. The number of amides is 2. The van der Waals surface area contributed by atoms with Gasteiger partial charge in [-0.2, -0.15) is 0 Å². The molecule has 6 heteroatoms. The SMILES string of the molecule is O=C1C(C/C=C/c2ccccc2)C(=O)N(c2ccc(F)cc2)N1c1ccc(F)cc1. The molecule has 3 aromatic rings. The Hall–Kier alpha value is -3.80. The maximum absolute atomic E-state index is 13.4. The summed E-state index contributed by atoms with van der Waals surface area (Å²) in [6.07, 6.45) is 3.85. The number of carbonyl (C=O) groups is 2. The smallest absolute Gasteiger partial charge is 0.259 e. The number of rotatable bonds is 5. The van der Waals surface area contributed by atoms with Gasteiger partial charge in [-0.1, -0.05) is 42.5 Å². The standard InChI is InChI=1S/C24H18F2N2O2/c25-18-9-13-20(14-10-18)27-23(29)22(8-4-7-17-5-2-1-3-6-17)24(30)28(27)21-15-11-19(26)12-16-21/h1-7,9-16,22H,8H2/b7-4+. The second kappa shape index (κ2) is 8.29. The van der Waals surface area contributed by atoms with Crippen LogP contribution in [0.5, 0.6) is 0 Å². The Morgan fingerprint density at radius 1 is 0.700 bits per heavy atom. The summed E-state index contributed by atoms with van der Waals surface area (Å²) in [6.45, 7) is 0. The molecule has 1 aliphatic rings. The van der Waals surface area contributed by atoms with Gasteiger partial charge in [0.05, 0.1) is 11.4 Å². The van der Waals surface area contributed by atoms with E-state index < -0.39 is 29.4 Å². The third-order valence-electron chi connectivity index (χ3n) is 4.84. The molecule has 1 aliphatic heterocycles. The van der Waals surface area contributed by atoms with E-state index >= 15 is 0 Å². The van der Waals surface area contributed by atoms with Crippen LogP contribution in [0.15, 0.2) is 84.9 Å². The number of hydrogen-bond donors (Lipinski definition) is 0. The van der Waals surface area contributed by atoms with E-state index in [2.05, 4.69) is 0 Å². The molecule has 1 fully saturated rings. The van der Waals surface area contributed by atoms with Crippen LogP contribution in [0.2, 0.25) is 0 Å². The minimum absolute atomic E-state index is 0.210. The van der Waals surface area contributed by atoms with Crippen molar-refractivity contribution in [1.82, 2.24) is 0 Å². The van der Waals surface area contributed by atoms with Gasteiger partial charge in [-0.15, -0.1) is 0 Å². The second-order valence-electron chi connectivity index (χ2n) is 6.85. The van der Waals surface area contributed by atoms with Gasteiger partial charge in [-0.3, -0.25) is 9.59 Å².